The number of ether oxygens (including phenoxy) is 1. The lowest BCUT2D eigenvalue weighted by atomic mass is 9.54. The number of nitrogens with one attached hydrogen (secondary N) is 2. The molecule has 0 spiro atoms. The molecule has 1 saturated carbocycles. The van der Waals surface area contributed by atoms with Gasteiger partial charge in [0, 0.05) is 17.4 Å². The molecule has 0 bridgehead atoms. The molecule has 1 aliphatic heterocycles. The highest BCUT2D eigenvalue weighted by atomic mass is 16.6. The minimum absolute atomic E-state index is 0.112. The number of hydrogen-bond donors (Lipinski definition) is 11. The number of phenols is 1. The highest BCUT2D eigenvalue weighted by Crippen LogP contribution is 2.57. The van der Waals surface area contributed by atoms with E-state index >= 15 is 0 Å². The second kappa shape index (κ2) is 11.4. The summed E-state index contributed by atoms with van der Waals surface area (Å²) in [6, 6.07) is 1.41. The van der Waals surface area contributed by atoms with E-state index in [2.05, 4.69) is 10.6 Å². The van der Waals surface area contributed by atoms with E-state index in [9.17, 15) is 60.3 Å². The van der Waals surface area contributed by atoms with E-state index in [-0.39, 0.29) is 17.5 Å². The van der Waals surface area contributed by atoms with Crippen molar-refractivity contribution >= 4 is 23.2 Å². The molecule has 45 heavy (non-hydrogen) atoms. The number of benzene rings is 1. The van der Waals surface area contributed by atoms with Crippen molar-refractivity contribution < 1.29 is 65.1 Å². The predicted octanol–water partition coefficient (Wildman–Crippen LogP) is -3.39. The van der Waals surface area contributed by atoms with Crippen LogP contribution in [0.25, 0.3) is 5.76 Å². The molecule has 1 amide bonds. The van der Waals surface area contributed by atoms with E-state index in [0.29, 0.717) is 0 Å². The maximum Gasteiger partial charge on any atom is 0.259 e. The summed E-state index contributed by atoms with van der Waals surface area (Å²) in [6.45, 7) is 0.104. The van der Waals surface area contributed by atoms with E-state index in [1.807, 2.05) is 0 Å². The van der Waals surface area contributed by atoms with Gasteiger partial charge in [-0.1, -0.05) is 12.1 Å². The first-order chi connectivity index (χ1) is 21.0. The minimum atomic E-state index is -2.91. The van der Waals surface area contributed by atoms with Crippen LogP contribution in [0.15, 0.2) is 35.1 Å². The molecule has 1 saturated heterocycles. The third-order valence-corrected chi connectivity index (χ3v) is 9.49. The fourth-order valence-electron chi connectivity index (χ4n) is 7.14. The number of likely N-dealkylation sites (N-methyl/N-ethyl adjacent to an activating group) is 1. The van der Waals surface area contributed by atoms with Crippen molar-refractivity contribution in [1.82, 2.24) is 15.5 Å². The third-order valence-electron chi connectivity index (χ3n) is 9.49. The van der Waals surface area contributed by atoms with Crippen molar-refractivity contribution in [2.45, 2.75) is 61.2 Å². The quantitative estimate of drug-likeness (QED) is 0.107. The fraction of sp³-hybridized carbons (Fsp3) is 0.552. The molecule has 0 aromatic heterocycles. The Morgan fingerprint density at radius 3 is 2.38 bits per heavy atom. The molecule has 16 nitrogen and oxygen atoms in total. The Hall–Kier alpha value is -3.45. The van der Waals surface area contributed by atoms with Crippen molar-refractivity contribution in [2.75, 3.05) is 27.4 Å². The molecule has 1 aromatic carbocycles. The van der Waals surface area contributed by atoms with Crippen LogP contribution in [0.2, 0.25) is 0 Å². The van der Waals surface area contributed by atoms with Crippen molar-refractivity contribution in [3.63, 3.8) is 0 Å². The van der Waals surface area contributed by atoms with Crippen LogP contribution in [0.1, 0.15) is 24.5 Å². The number of aliphatic hydroxyl groups is 8. The van der Waals surface area contributed by atoms with Gasteiger partial charge in [0.05, 0.1) is 36.5 Å². The number of ketones is 2. The smallest absolute Gasteiger partial charge is 0.259 e. The lowest BCUT2D eigenvalue weighted by Crippen LogP contribution is -2.67. The van der Waals surface area contributed by atoms with Crippen molar-refractivity contribution in [2.24, 2.45) is 11.8 Å². The lowest BCUT2D eigenvalue weighted by molar-refractivity contribution is -0.254. The topological polar surface area (TPSA) is 270 Å². The zero-order valence-electron chi connectivity index (χ0n) is 24.6. The highest BCUT2D eigenvalue weighted by Gasteiger charge is 2.66. The average Bonchev–Trinajstić information content (AvgIpc) is 2.97. The largest absolute Gasteiger partial charge is 0.508 e. The Kier molecular flexibility index (Phi) is 8.35. The lowest BCUT2D eigenvalue weighted by Gasteiger charge is -2.53. The molecule has 2 fully saturated rings. The van der Waals surface area contributed by atoms with Crippen LogP contribution in [0, 0.1) is 11.8 Å². The molecule has 0 radical (unpaired) electrons. The second-order valence-electron chi connectivity index (χ2n) is 12.2. The summed E-state index contributed by atoms with van der Waals surface area (Å²) < 4.78 is 5.04. The van der Waals surface area contributed by atoms with E-state index in [1.54, 1.807) is 0 Å². The van der Waals surface area contributed by atoms with Crippen LogP contribution >= 0.6 is 0 Å². The number of hydrogen-bond acceptors (Lipinski definition) is 15. The van der Waals surface area contributed by atoms with Crippen LogP contribution in [-0.4, -0.2) is 138 Å². The summed E-state index contributed by atoms with van der Waals surface area (Å²) >= 11 is 0. The molecule has 5 rings (SSSR count). The zero-order chi connectivity index (χ0) is 33.3. The molecular weight excluding hydrogens is 598 g/mol. The van der Waals surface area contributed by atoms with Gasteiger partial charge in [0.1, 0.15) is 41.2 Å². The number of Topliss-reactive ketones (excluding diaryl/α,β-unsaturated/α-hetero) is 2. The molecular formula is C29H37N3O13. The van der Waals surface area contributed by atoms with Gasteiger partial charge in [0.25, 0.3) is 5.91 Å². The van der Waals surface area contributed by atoms with Gasteiger partial charge in [-0.15, -0.1) is 0 Å². The molecule has 11 N–H and O–H groups in total. The molecule has 3 aliphatic carbocycles. The van der Waals surface area contributed by atoms with Gasteiger partial charge in [0.15, 0.2) is 17.7 Å². The summed E-state index contributed by atoms with van der Waals surface area (Å²) in [6.07, 6.45) is -6.52. The Balaban J connectivity index is 1.50. The number of nitrogens with zero attached hydrogens (tertiary/aromatic N) is 1. The number of aliphatic hydroxyl groups excluding tert-OH is 6. The molecule has 1 heterocycles. The van der Waals surface area contributed by atoms with E-state index < -0.39 is 119 Å². The number of aromatic hydroxyl groups is 1. The maximum atomic E-state index is 14.1. The van der Waals surface area contributed by atoms with Gasteiger partial charge in [-0.2, -0.15) is 0 Å². The Morgan fingerprint density at radius 2 is 1.76 bits per heavy atom. The summed E-state index contributed by atoms with van der Waals surface area (Å²) in [5, 5.41) is 101. The van der Waals surface area contributed by atoms with Crippen molar-refractivity contribution in [1.29, 1.82) is 0 Å². The van der Waals surface area contributed by atoms with Gasteiger partial charge in [-0.05, 0) is 39.1 Å². The number of rotatable bonds is 6. The van der Waals surface area contributed by atoms with Gasteiger partial charge in [-0.3, -0.25) is 24.6 Å². The number of phenolic OH excluding ortho intramolecular Hbond substituents is 1. The van der Waals surface area contributed by atoms with E-state index in [0.717, 1.165) is 0 Å². The normalized spacial score (nSPS) is 38.2. The second-order valence-corrected chi connectivity index (χ2v) is 12.2. The zero-order valence-corrected chi connectivity index (χ0v) is 24.6. The number of fused-ring (bicyclic) bond motifs is 3. The Bertz CT molecular complexity index is 1490. The number of amides is 1. The van der Waals surface area contributed by atoms with Gasteiger partial charge >= 0.3 is 0 Å². The van der Waals surface area contributed by atoms with Gasteiger partial charge < -0.3 is 56.0 Å². The molecule has 1 aromatic rings. The van der Waals surface area contributed by atoms with Crippen LogP contribution in [0.3, 0.4) is 0 Å². The Morgan fingerprint density at radius 1 is 1.09 bits per heavy atom. The first kappa shape index (κ1) is 32.9. The van der Waals surface area contributed by atoms with Crippen LogP contribution in [0.4, 0.5) is 0 Å². The molecule has 5 unspecified atom stereocenters. The fourth-order valence-corrected chi connectivity index (χ4v) is 7.14. The molecule has 246 valence electrons. The molecule has 4 aliphatic rings. The summed E-state index contributed by atoms with van der Waals surface area (Å²) in [4.78, 5) is 42.6. The SMILES string of the molecule is CN(C)C1C(=O)C(C(=O)NCN[C@H]2[C@H](O)[C@@H](O)[C@H](CO)O[C@H]2O)=C(O)C2(O)C(=O)C3=C(O)c4c(O)cccc4C(C)(O)C3CC12. The monoisotopic (exact) mass is 635 g/mol. The standard InChI is InChI=1S/C29H37N3O13/c1-28(43)10-5-4-6-13(34)15(10)21(36)16-11(28)7-12-19(32(2)3)22(37)17(25(40)29(12,44)24(16)39)26(41)31-9-30-18-23(38)20(35)14(8-33)45-27(18)42/h4-6,11-12,14,18-20,23,27,30,33-36,38,40,42-44H,7-9H2,1-3H3,(H,31,41)/t11?,12?,14-,18-,19?,20-,23-,27+,28?,29?/m0/s1. The van der Waals surface area contributed by atoms with Crippen molar-refractivity contribution in [3.05, 3.63) is 46.2 Å². The summed E-state index contributed by atoms with van der Waals surface area (Å²) in [7, 11) is 2.91. The number of carbonyl (C=O) groups excluding carboxylic acids is 3. The minimum Gasteiger partial charge on any atom is -0.508 e. The van der Waals surface area contributed by atoms with E-state index in [4.69, 9.17) is 4.74 Å². The first-order valence-corrected chi connectivity index (χ1v) is 14.2. The van der Waals surface area contributed by atoms with Gasteiger partial charge in [-0.25, -0.2) is 0 Å². The number of carbonyl (C=O) groups is 3. The van der Waals surface area contributed by atoms with E-state index in [1.165, 1.54) is 44.1 Å². The highest BCUT2D eigenvalue weighted by molar-refractivity contribution is 6.25. The van der Waals surface area contributed by atoms with Gasteiger partial charge in [0.2, 0.25) is 5.78 Å². The predicted molar refractivity (Wildman–Crippen MR) is 151 cm³/mol. The molecule has 10 atom stereocenters. The third kappa shape index (κ3) is 4.76. The van der Waals surface area contributed by atoms with Crippen molar-refractivity contribution in [3.8, 4) is 5.75 Å². The van der Waals surface area contributed by atoms with Crippen LogP contribution in [0.5, 0.6) is 5.75 Å². The first-order valence-electron chi connectivity index (χ1n) is 14.2. The Labute approximate surface area is 256 Å². The van der Waals surface area contributed by atoms with Crippen LogP contribution in [-0.2, 0) is 24.7 Å². The maximum absolute atomic E-state index is 14.1. The summed E-state index contributed by atoms with van der Waals surface area (Å²) in [5.74, 6) is -8.49. The summed E-state index contributed by atoms with van der Waals surface area (Å²) in [5.41, 5.74) is -6.35. The molecule has 16 heteroatoms. The van der Waals surface area contributed by atoms with Crippen LogP contribution < -0.4 is 10.6 Å². The average molecular weight is 636 g/mol.